The summed E-state index contributed by atoms with van der Waals surface area (Å²) in [6.45, 7) is 3.02. The first-order valence-corrected chi connectivity index (χ1v) is 9.95. The van der Waals surface area contributed by atoms with E-state index in [2.05, 4.69) is 4.98 Å². The van der Waals surface area contributed by atoms with Crippen LogP contribution in [0.15, 0.2) is 34.9 Å². The van der Waals surface area contributed by atoms with E-state index in [0.29, 0.717) is 13.1 Å². The van der Waals surface area contributed by atoms with E-state index < -0.39 is 10.2 Å². The molecule has 1 N–H and O–H groups in total. The van der Waals surface area contributed by atoms with Crippen molar-refractivity contribution in [2.75, 3.05) is 13.1 Å². The SMILES string of the molecule is Cc1ccc([C@@H]2CCCN2S(=O)(=O)N2CCC[C@@H]2c2ccc[nH]2)o1. The maximum Gasteiger partial charge on any atom is 0.283 e. The van der Waals surface area contributed by atoms with E-state index in [0.717, 1.165) is 42.9 Å². The van der Waals surface area contributed by atoms with Crippen molar-refractivity contribution >= 4 is 10.2 Å². The van der Waals surface area contributed by atoms with Gasteiger partial charge in [-0.3, -0.25) is 0 Å². The molecule has 2 aliphatic rings. The third-order valence-electron chi connectivity index (χ3n) is 5.07. The van der Waals surface area contributed by atoms with Crippen LogP contribution in [0.25, 0.3) is 0 Å². The van der Waals surface area contributed by atoms with E-state index in [1.807, 2.05) is 37.4 Å². The molecule has 0 spiro atoms. The molecule has 130 valence electrons. The number of aryl methyl sites for hydroxylation is 1. The molecule has 2 saturated heterocycles. The van der Waals surface area contributed by atoms with Crippen molar-refractivity contribution in [2.45, 2.75) is 44.7 Å². The second kappa shape index (κ2) is 6.06. The van der Waals surface area contributed by atoms with Crippen LogP contribution >= 0.6 is 0 Å². The lowest BCUT2D eigenvalue weighted by Crippen LogP contribution is -2.43. The molecule has 0 radical (unpaired) electrons. The van der Waals surface area contributed by atoms with Crippen LogP contribution in [0.5, 0.6) is 0 Å². The molecular formula is C17H23N3O3S. The molecule has 2 aromatic heterocycles. The zero-order valence-electron chi connectivity index (χ0n) is 13.8. The van der Waals surface area contributed by atoms with Gasteiger partial charge in [0.05, 0.1) is 12.1 Å². The molecule has 0 aliphatic carbocycles. The molecule has 0 saturated carbocycles. The second-order valence-electron chi connectivity index (χ2n) is 6.62. The van der Waals surface area contributed by atoms with Crippen molar-refractivity contribution in [3.05, 3.63) is 47.7 Å². The lowest BCUT2D eigenvalue weighted by atomic mass is 10.2. The number of nitrogens with one attached hydrogen (secondary N) is 1. The van der Waals surface area contributed by atoms with Gasteiger partial charge < -0.3 is 9.40 Å². The van der Waals surface area contributed by atoms with Gasteiger partial charge in [-0.2, -0.15) is 17.0 Å². The van der Waals surface area contributed by atoms with Crippen LogP contribution in [0.4, 0.5) is 0 Å². The Morgan fingerprint density at radius 3 is 2.42 bits per heavy atom. The van der Waals surface area contributed by atoms with Crippen LogP contribution in [0, 0.1) is 6.92 Å². The third kappa shape index (κ3) is 2.60. The average molecular weight is 349 g/mol. The zero-order valence-corrected chi connectivity index (χ0v) is 14.6. The van der Waals surface area contributed by atoms with Gasteiger partial charge in [-0.15, -0.1) is 0 Å². The van der Waals surface area contributed by atoms with Crippen molar-refractivity contribution in [3.63, 3.8) is 0 Å². The lowest BCUT2D eigenvalue weighted by Gasteiger charge is -2.31. The first-order valence-electron chi connectivity index (χ1n) is 8.55. The molecule has 0 unspecified atom stereocenters. The number of hydrogen-bond acceptors (Lipinski definition) is 3. The van der Waals surface area contributed by atoms with Gasteiger partial charge in [0.15, 0.2) is 0 Å². The van der Waals surface area contributed by atoms with Gasteiger partial charge >= 0.3 is 0 Å². The number of hydrogen-bond donors (Lipinski definition) is 1. The van der Waals surface area contributed by atoms with E-state index >= 15 is 0 Å². The average Bonchev–Trinajstić information content (AvgIpc) is 3.32. The molecule has 7 heteroatoms. The Balaban J connectivity index is 1.64. The molecule has 2 aromatic rings. The molecule has 2 aliphatic heterocycles. The maximum atomic E-state index is 13.3. The highest BCUT2D eigenvalue weighted by atomic mass is 32.2. The molecule has 6 nitrogen and oxygen atoms in total. The fraction of sp³-hybridized carbons (Fsp3) is 0.529. The molecule has 4 rings (SSSR count). The fourth-order valence-corrected chi connectivity index (χ4v) is 6.01. The van der Waals surface area contributed by atoms with Crippen molar-refractivity contribution in [3.8, 4) is 0 Å². The Morgan fingerprint density at radius 2 is 1.79 bits per heavy atom. The van der Waals surface area contributed by atoms with E-state index in [9.17, 15) is 8.42 Å². The zero-order chi connectivity index (χ0) is 16.7. The smallest absolute Gasteiger partial charge is 0.283 e. The Bertz CT molecular complexity index is 797. The van der Waals surface area contributed by atoms with Gasteiger partial charge in [0.2, 0.25) is 0 Å². The highest BCUT2D eigenvalue weighted by Gasteiger charge is 2.44. The summed E-state index contributed by atoms with van der Waals surface area (Å²) < 4.78 is 35.7. The van der Waals surface area contributed by atoms with Crippen LogP contribution < -0.4 is 0 Å². The third-order valence-corrected chi connectivity index (χ3v) is 7.13. The van der Waals surface area contributed by atoms with Crippen LogP contribution in [0.2, 0.25) is 0 Å². The summed E-state index contributed by atoms with van der Waals surface area (Å²) in [5.41, 5.74) is 0.973. The van der Waals surface area contributed by atoms with Crippen molar-refractivity contribution < 1.29 is 12.8 Å². The predicted molar refractivity (Wildman–Crippen MR) is 90.5 cm³/mol. The summed E-state index contributed by atoms with van der Waals surface area (Å²) in [6, 6.07) is 7.41. The number of furan rings is 1. The summed E-state index contributed by atoms with van der Waals surface area (Å²) in [6.07, 6.45) is 5.28. The number of nitrogens with zero attached hydrogens (tertiary/aromatic N) is 2. The van der Waals surface area contributed by atoms with Crippen molar-refractivity contribution in [2.24, 2.45) is 0 Å². The molecule has 24 heavy (non-hydrogen) atoms. The van der Waals surface area contributed by atoms with Crippen LogP contribution in [0.1, 0.15) is 55.0 Å². The molecule has 4 heterocycles. The summed E-state index contributed by atoms with van der Waals surface area (Å²) in [4.78, 5) is 3.17. The molecule has 2 fully saturated rings. The molecule has 0 aromatic carbocycles. The summed E-state index contributed by atoms with van der Waals surface area (Å²) in [7, 11) is -3.52. The van der Waals surface area contributed by atoms with Gasteiger partial charge in [0.25, 0.3) is 10.2 Å². The maximum absolute atomic E-state index is 13.3. The van der Waals surface area contributed by atoms with Gasteiger partial charge in [-0.25, -0.2) is 0 Å². The molecule has 0 amide bonds. The van der Waals surface area contributed by atoms with Gasteiger partial charge in [0, 0.05) is 25.0 Å². The highest BCUT2D eigenvalue weighted by molar-refractivity contribution is 7.86. The summed E-state index contributed by atoms with van der Waals surface area (Å²) >= 11 is 0. The monoisotopic (exact) mass is 349 g/mol. The summed E-state index contributed by atoms with van der Waals surface area (Å²) in [5, 5.41) is 0. The van der Waals surface area contributed by atoms with E-state index in [-0.39, 0.29) is 12.1 Å². The minimum absolute atomic E-state index is 0.0930. The van der Waals surface area contributed by atoms with E-state index in [1.165, 1.54) is 0 Å². The van der Waals surface area contributed by atoms with Crippen molar-refractivity contribution in [1.82, 2.24) is 13.6 Å². The lowest BCUT2D eigenvalue weighted by molar-refractivity contribution is 0.291. The van der Waals surface area contributed by atoms with Gasteiger partial charge in [0.1, 0.15) is 11.5 Å². The first-order chi connectivity index (χ1) is 11.6. The van der Waals surface area contributed by atoms with Gasteiger partial charge in [-0.1, -0.05) is 0 Å². The minimum Gasteiger partial charge on any atom is -0.465 e. The van der Waals surface area contributed by atoms with Crippen LogP contribution in [-0.2, 0) is 10.2 Å². The Kier molecular flexibility index (Phi) is 4.02. The highest BCUT2D eigenvalue weighted by Crippen LogP contribution is 2.40. The second-order valence-corrected chi connectivity index (χ2v) is 8.45. The Hall–Kier alpha value is -1.57. The normalized spacial score (nSPS) is 26.4. The number of H-pyrrole nitrogens is 1. The molecule has 2 atom stereocenters. The van der Waals surface area contributed by atoms with Gasteiger partial charge in [-0.05, 0) is 56.9 Å². The minimum atomic E-state index is -3.52. The number of aromatic nitrogens is 1. The van der Waals surface area contributed by atoms with E-state index in [4.69, 9.17) is 4.42 Å². The van der Waals surface area contributed by atoms with Crippen LogP contribution in [0.3, 0.4) is 0 Å². The number of aromatic amines is 1. The van der Waals surface area contributed by atoms with Crippen LogP contribution in [-0.4, -0.2) is 35.1 Å². The van der Waals surface area contributed by atoms with Crippen molar-refractivity contribution in [1.29, 1.82) is 0 Å². The largest absolute Gasteiger partial charge is 0.465 e. The Morgan fingerprint density at radius 1 is 1.08 bits per heavy atom. The topological polar surface area (TPSA) is 69.6 Å². The fourth-order valence-electron chi connectivity index (χ4n) is 3.95. The molecule has 0 bridgehead atoms. The standard InChI is InChI=1S/C17H23N3O3S/c1-13-8-9-17(23-13)16-7-4-12-20(16)24(21,22)19-11-3-6-15(19)14-5-2-10-18-14/h2,5,8-10,15-16,18H,3-4,6-7,11-12H2,1H3/t15-,16+/m1/s1. The quantitative estimate of drug-likeness (QED) is 0.922. The Labute approximate surface area is 142 Å². The number of rotatable bonds is 4. The summed E-state index contributed by atoms with van der Waals surface area (Å²) in [5.74, 6) is 1.57. The first kappa shape index (κ1) is 15.9. The van der Waals surface area contributed by atoms with E-state index in [1.54, 1.807) is 8.61 Å². The predicted octanol–water partition coefficient (Wildman–Crippen LogP) is 3.13. The molecular weight excluding hydrogens is 326 g/mol.